The van der Waals surface area contributed by atoms with Crippen LogP contribution in [0.4, 0.5) is 0 Å². The molecule has 1 heterocycles. The molecule has 0 aliphatic heterocycles. The second kappa shape index (κ2) is 5.70. The Morgan fingerprint density at radius 3 is 2.86 bits per heavy atom. The predicted molar refractivity (Wildman–Crippen MR) is 54.7 cm³/mol. The smallest absolute Gasteiger partial charge is 0.306 e. The number of halogens is 1. The lowest BCUT2D eigenvalue weighted by Crippen LogP contribution is -2.06. The fourth-order valence-corrected chi connectivity index (χ4v) is 1.14. The molecule has 14 heavy (non-hydrogen) atoms. The molecule has 0 aromatic carbocycles. The largest absolute Gasteiger partial charge is 0.466 e. The lowest BCUT2D eigenvalue weighted by Gasteiger charge is -2.00. The van der Waals surface area contributed by atoms with Crippen LogP contribution in [-0.2, 0) is 16.0 Å². The predicted octanol–water partition coefficient (Wildman–Crippen LogP) is 1.73. The van der Waals surface area contributed by atoms with Gasteiger partial charge in [-0.3, -0.25) is 9.78 Å². The summed E-state index contributed by atoms with van der Waals surface area (Å²) in [5, 5.41) is 0. The molecule has 1 aromatic rings. The van der Waals surface area contributed by atoms with E-state index in [-0.39, 0.29) is 5.97 Å². The molecule has 76 valence electrons. The van der Waals surface area contributed by atoms with Gasteiger partial charge in [-0.15, -0.1) is 0 Å². The van der Waals surface area contributed by atoms with Crippen LogP contribution in [-0.4, -0.2) is 22.5 Å². The zero-order valence-electron chi connectivity index (χ0n) is 7.86. The van der Waals surface area contributed by atoms with Crippen LogP contribution in [0.1, 0.15) is 19.0 Å². The average molecular weight is 259 g/mol. The maximum absolute atomic E-state index is 11.0. The zero-order chi connectivity index (χ0) is 10.4. The Kier molecular flexibility index (Phi) is 4.52. The highest BCUT2D eigenvalue weighted by Gasteiger charge is 2.03. The normalized spacial score (nSPS) is 9.86. The lowest BCUT2D eigenvalue weighted by atomic mass is 10.2. The van der Waals surface area contributed by atoms with E-state index < -0.39 is 0 Å². The second-order valence-electron chi connectivity index (χ2n) is 2.64. The van der Waals surface area contributed by atoms with Crippen LogP contribution in [0, 0.1) is 0 Å². The third-order valence-electron chi connectivity index (χ3n) is 1.56. The van der Waals surface area contributed by atoms with Gasteiger partial charge in [-0.1, -0.05) is 0 Å². The van der Waals surface area contributed by atoms with E-state index in [1.54, 1.807) is 19.3 Å². The van der Waals surface area contributed by atoms with E-state index in [0.717, 1.165) is 5.69 Å². The van der Waals surface area contributed by atoms with Gasteiger partial charge in [0.25, 0.3) is 0 Å². The van der Waals surface area contributed by atoms with Gasteiger partial charge in [0.15, 0.2) is 0 Å². The molecule has 0 saturated heterocycles. The van der Waals surface area contributed by atoms with Gasteiger partial charge in [-0.05, 0) is 22.9 Å². The Morgan fingerprint density at radius 1 is 1.50 bits per heavy atom. The molecule has 1 aromatic heterocycles. The van der Waals surface area contributed by atoms with Crippen molar-refractivity contribution in [3.63, 3.8) is 0 Å². The molecule has 1 rings (SSSR count). The Bertz CT molecular complexity index is 300. The van der Waals surface area contributed by atoms with Gasteiger partial charge in [0, 0.05) is 12.6 Å². The third-order valence-corrected chi connectivity index (χ3v) is 1.97. The summed E-state index contributed by atoms with van der Waals surface area (Å²) >= 11 is 3.19. The van der Waals surface area contributed by atoms with Gasteiger partial charge in [0.2, 0.25) is 0 Å². The van der Waals surface area contributed by atoms with Crippen LogP contribution in [0.5, 0.6) is 0 Å². The van der Waals surface area contributed by atoms with Crippen LogP contribution in [0.3, 0.4) is 0 Å². The summed E-state index contributed by atoms with van der Waals surface area (Å²) in [4.78, 5) is 19.1. The molecule has 4 nitrogen and oxygen atoms in total. The fraction of sp³-hybridized carbons (Fsp3) is 0.444. The molecule has 0 aliphatic rings. The lowest BCUT2D eigenvalue weighted by molar-refractivity contribution is -0.143. The minimum absolute atomic E-state index is 0.197. The van der Waals surface area contributed by atoms with Gasteiger partial charge in [-0.2, -0.15) is 0 Å². The summed E-state index contributed by atoms with van der Waals surface area (Å²) in [5.41, 5.74) is 0.793. The number of hydrogen-bond donors (Lipinski definition) is 0. The van der Waals surface area contributed by atoms with E-state index in [1.165, 1.54) is 0 Å². The van der Waals surface area contributed by atoms with Gasteiger partial charge >= 0.3 is 5.97 Å². The highest BCUT2D eigenvalue weighted by Crippen LogP contribution is 2.04. The second-order valence-corrected chi connectivity index (χ2v) is 3.45. The fourth-order valence-electron chi connectivity index (χ4n) is 0.931. The SMILES string of the molecule is CCOC(=O)CCc1cnc(Br)cn1. The van der Waals surface area contributed by atoms with Gasteiger partial charge < -0.3 is 4.74 Å². The Labute approximate surface area is 90.8 Å². The first-order valence-corrected chi connectivity index (χ1v) is 5.13. The summed E-state index contributed by atoms with van der Waals surface area (Å²) in [6.45, 7) is 2.21. The van der Waals surface area contributed by atoms with Crippen molar-refractivity contribution in [1.82, 2.24) is 9.97 Å². The maximum Gasteiger partial charge on any atom is 0.306 e. The van der Waals surface area contributed by atoms with E-state index in [2.05, 4.69) is 25.9 Å². The number of nitrogens with zero attached hydrogens (tertiary/aromatic N) is 2. The molecule has 0 atom stereocenters. The number of aryl methyl sites for hydroxylation is 1. The van der Waals surface area contributed by atoms with Crippen molar-refractivity contribution in [2.24, 2.45) is 0 Å². The molecule has 0 fully saturated rings. The minimum atomic E-state index is -0.197. The maximum atomic E-state index is 11.0. The molecule has 0 spiro atoms. The van der Waals surface area contributed by atoms with Crippen molar-refractivity contribution >= 4 is 21.9 Å². The minimum Gasteiger partial charge on any atom is -0.466 e. The summed E-state index contributed by atoms with van der Waals surface area (Å²) < 4.78 is 5.48. The number of hydrogen-bond acceptors (Lipinski definition) is 4. The van der Waals surface area contributed by atoms with Gasteiger partial charge in [-0.25, -0.2) is 4.98 Å². The van der Waals surface area contributed by atoms with Crippen molar-refractivity contribution in [2.75, 3.05) is 6.61 Å². The molecule has 0 amide bonds. The Balaban J connectivity index is 2.38. The Hall–Kier alpha value is -0.970. The zero-order valence-corrected chi connectivity index (χ0v) is 9.45. The molecule has 0 radical (unpaired) electrons. The van der Waals surface area contributed by atoms with Crippen LogP contribution in [0.2, 0.25) is 0 Å². The summed E-state index contributed by atoms with van der Waals surface area (Å²) in [6, 6.07) is 0. The van der Waals surface area contributed by atoms with E-state index in [9.17, 15) is 4.79 Å². The first-order chi connectivity index (χ1) is 6.72. The number of rotatable bonds is 4. The monoisotopic (exact) mass is 258 g/mol. The standard InChI is InChI=1S/C9H11BrN2O2/c1-2-14-9(13)4-3-7-5-12-8(10)6-11-7/h5-6H,2-4H2,1H3. The molecule has 5 heteroatoms. The molecule has 0 N–H and O–H groups in total. The van der Waals surface area contributed by atoms with Gasteiger partial charge in [0.05, 0.1) is 24.9 Å². The van der Waals surface area contributed by atoms with Crippen LogP contribution >= 0.6 is 15.9 Å². The van der Waals surface area contributed by atoms with E-state index in [1.807, 2.05) is 0 Å². The number of carbonyl (C=O) groups excluding carboxylic acids is 1. The molecule has 0 unspecified atom stereocenters. The molecular weight excluding hydrogens is 248 g/mol. The molecule has 0 bridgehead atoms. The third kappa shape index (κ3) is 3.83. The highest BCUT2D eigenvalue weighted by molar-refractivity contribution is 9.10. The van der Waals surface area contributed by atoms with Crippen molar-refractivity contribution in [2.45, 2.75) is 19.8 Å². The van der Waals surface area contributed by atoms with Crippen molar-refractivity contribution in [3.8, 4) is 0 Å². The summed E-state index contributed by atoms with van der Waals surface area (Å²) in [7, 11) is 0. The first-order valence-electron chi connectivity index (χ1n) is 4.34. The van der Waals surface area contributed by atoms with E-state index in [4.69, 9.17) is 4.74 Å². The summed E-state index contributed by atoms with van der Waals surface area (Å²) in [5.74, 6) is -0.197. The molecule has 0 aliphatic carbocycles. The van der Waals surface area contributed by atoms with Crippen molar-refractivity contribution < 1.29 is 9.53 Å². The summed E-state index contributed by atoms with van der Waals surface area (Å²) in [6.07, 6.45) is 4.17. The van der Waals surface area contributed by atoms with Crippen molar-refractivity contribution in [3.05, 3.63) is 22.7 Å². The van der Waals surface area contributed by atoms with E-state index in [0.29, 0.717) is 24.1 Å². The molecular formula is C9H11BrN2O2. The van der Waals surface area contributed by atoms with Crippen molar-refractivity contribution in [1.29, 1.82) is 0 Å². The number of carbonyl (C=O) groups is 1. The Morgan fingerprint density at radius 2 is 2.29 bits per heavy atom. The van der Waals surface area contributed by atoms with Crippen LogP contribution in [0.15, 0.2) is 17.0 Å². The average Bonchev–Trinajstić information content (AvgIpc) is 2.17. The topological polar surface area (TPSA) is 52.1 Å². The number of ether oxygens (including phenoxy) is 1. The number of esters is 1. The highest BCUT2D eigenvalue weighted by atomic mass is 79.9. The van der Waals surface area contributed by atoms with Crippen LogP contribution < -0.4 is 0 Å². The molecule has 0 saturated carbocycles. The van der Waals surface area contributed by atoms with Crippen LogP contribution in [0.25, 0.3) is 0 Å². The van der Waals surface area contributed by atoms with E-state index >= 15 is 0 Å². The number of aromatic nitrogens is 2. The first kappa shape index (κ1) is 11.1. The van der Waals surface area contributed by atoms with Gasteiger partial charge in [0.1, 0.15) is 4.60 Å². The quantitative estimate of drug-likeness (QED) is 0.773.